The Morgan fingerprint density at radius 3 is 2.44 bits per heavy atom. The maximum atomic E-state index is 12.2. The van der Waals surface area contributed by atoms with Crippen LogP contribution < -0.4 is 10.2 Å². The van der Waals surface area contributed by atoms with Crippen molar-refractivity contribution in [2.45, 2.75) is 25.8 Å². The van der Waals surface area contributed by atoms with Gasteiger partial charge in [0.05, 0.1) is 5.69 Å². The molecule has 2 aliphatic rings. The Kier molecular flexibility index (Phi) is 4.94. The second kappa shape index (κ2) is 7.53. The molecule has 1 atom stereocenters. The molecule has 27 heavy (non-hydrogen) atoms. The van der Waals surface area contributed by atoms with E-state index >= 15 is 0 Å². The van der Waals surface area contributed by atoms with Gasteiger partial charge in [0.15, 0.2) is 0 Å². The number of amides is 1. The van der Waals surface area contributed by atoms with E-state index in [1.807, 2.05) is 36.4 Å². The number of para-hydroxylation sites is 1. The van der Waals surface area contributed by atoms with Crippen LogP contribution in [0.4, 0.5) is 17.1 Å². The van der Waals surface area contributed by atoms with Gasteiger partial charge in [-0.15, -0.1) is 0 Å². The van der Waals surface area contributed by atoms with E-state index in [1.165, 1.54) is 5.69 Å². The zero-order valence-electron chi connectivity index (χ0n) is 15.9. The molecule has 0 spiro atoms. The minimum Gasteiger partial charge on any atom is -0.369 e. The molecule has 0 aromatic heterocycles. The number of rotatable bonds is 4. The van der Waals surface area contributed by atoms with Gasteiger partial charge in [-0.25, -0.2) is 0 Å². The SMILES string of the molecule is CC(C)N1CCN(c2ccc(N=CC3C(=O)Nc4ccccc43)cc2)CC1. The van der Waals surface area contributed by atoms with Gasteiger partial charge in [0.1, 0.15) is 5.92 Å². The minimum atomic E-state index is -0.315. The highest BCUT2D eigenvalue weighted by atomic mass is 16.2. The van der Waals surface area contributed by atoms with E-state index < -0.39 is 0 Å². The first kappa shape index (κ1) is 17.7. The summed E-state index contributed by atoms with van der Waals surface area (Å²) in [6.45, 7) is 8.83. The molecule has 0 radical (unpaired) electrons. The van der Waals surface area contributed by atoms with E-state index in [1.54, 1.807) is 6.21 Å². The fraction of sp³-hybridized carbons (Fsp3) is 0.364. The Balaban J connectivity index is 1.41. The van der Waals surface area contributed by atoms with Crippen molar-refractivity contribution >= 4 is 29.2 Å². The van der Waals surface area contributed by atoms with Gasteiger partial charge >= 0.3 is 0 Å². The standard InChI is InChI=1S/C22H26N4O/c1-16(2)25-11-13-26(14-12-25)18-9-7-17(8-10-18)23-15-20-19-5-3-4-6-21(19)24-22(20)27/h3-10,15-16,20H,11-14H2,1-2H3,(H,24,27). The van der Waals surface area contributed by atoms with Crippen molar-refractivity contribution in [3.8, 4) is 0 Å². The van der Waals surface area contributed by atoms with Crippen LogP contribution in [0.2, 0.25) is 0 Å². The molecule has 140 valence electrons. The number of piperazine rings is 1. The molecule has 0 saturated carbocycles. The summed E-state index contributed by atoms with van der Waals surface area (Å²) in [7, 11) is 0. The molecule has 2 aliphatic heterocycles. The minimum absolute atomic E-state index is 0.0143. The van der Waals surface area contributed by atoms with Crippen LogP contribution in [0.25, 0.3) is 0 Å². The fourth-order valence-corrected chi connectivity index (χ4v) is 3.79. The number of hydrogen-bond acceptors (Lipinski definition) is 4. The average Bonchev–Trinajstić information content (AvgIpc) is 3.02. The van der Waals surface area contributed by atoms with Crippen molar-refractivity contribution < 1.29 is 4.79 Å². The Bertz CT molecular complexity index is 836. The first-order valence-corrected chi connectivity index (χ1v) is 9.65. The third-order valence-electron chi connectivity index (χ3n) is 5.47. The first-order valence-electron chi connectivity index (χ1n) is 9.65. The maximum absolute atomic E-state index is 12.2. The van der Waals surface area contributed by atoms with E-state index in [2.05, 4.69) is 46.1 Å². The fourth-order valence-electron chi connectivity index (χ4n) is 3.79. The van der Waals surface area contributed by atoms with Crippen molar-refractivity contribution in [3.63, 3.8) is 0 Å². The number of nitrogens with one attached hydrogen (secondary N) is 1. The van der Waals surface area contributed by atoms with Gasteiger partial charge < -0.3 is 10.2 Å². The lowest BCUT2D eigenvalue weighted by Gasteiger charge is -2.38. The number of benzene rings is 2. The van der Waals surface area contributed by atoms with Crippen LogP contribution in [-0.2, 0) is 4.79 Å². The van der Waals surface area contributed by atoms with Gasteiger partial charge in [0.25, 0.3) is 0 Å². The van der Waals surface area contributed by atoms with Gasteiger partial charge in [0, 0.05) is 49.8 Å². The predicted molar refractivity (Wildman–Crippen MR) is 111 cm³/mol. The van der Waals surface area contributed by atoms with Crippen LogP contribution in [0.3, 0.4) is 0 Å². The van der Waals surface area contributed by atoms with Crippen molar-refractivity contribution in [3.05, 3.63) is 54.1 Å². The van der Waals surface area contributed by atoms with Crippen LogP contribution in [0.15, 0.2) is 53.5 Å². The second-order valence-electron chi connectivity index (χ2n) is 7.47. The van der Waals surface area contributed by atoms with Gasteiger partial charge in [-0.2, -0.15) is 0 Å². The summed E-state index contributed by atoms with van der Waals surface area (Å²) >= 11 is 0. The zero-order chi connectivity index (χ0) is 18.8. The lowest BCUT2D eigenvalue weighted by atomic mass is 10.0. The quantitative estimate of drug-likeness (QED) is 0.845. The third kappa shape index (κ3) is 3.74. The van der Waals surface area contributed by atoms with Gasteiger partial charge in [0.2, 0.25) is 5.91 Å². The van der Waals surface area contributed by atoms with E-state index in [-0.39, 0.29) is 11.8 Å². The van der Waals surface area contributed by atoms with Crippen LogP contribution in [-0.4, -0.2) is 49.2 Å². The number of carbonyl (C=O) groups excluding carboxylic acids is 1. The maximum Gasteiger partial charge on any atom is 0.237 e. The largest absolute Gasteiger partial charge is 0.369 e. The van der Waals surface area contributed by atoms with Gasteiger partial charge in [-0.1, -0.05) is 18.2 Å². The summed E-state index contributed by atoms with van der Waals surface area (Å²) < 4.78 is 0. The molecular formula is C22H26N4O. The molecule has 1 saturated heterocycles. The van der Waals surface area contributed by atoms with Gasteiger partial charge in [-0.05, 0) is 49.7 Å². The normalized spacial score (nSPS) is 20.3. The highest BCUT2D eigenvalue weighted by Gasteiger charge is 2.28. The first-order chi connectivity index (χ1) is 13.1. The Hall–Kier alpha value is -2.66. The van der Waals surface area contributed by atoms with Crippen molar-refractivity contribution in [1.82, 2.24) is 4.90 Å². The molecule has 5 nitrogen and oxygen atoms in total. The summed E-state index contributed by atoms with van der Waals surface area (Å²) in [6, 6.07) is 16.7. The number of anilines is 2. The van der Waals surface area contributed by atoms with Crippen molar-refractivity contribution in [2.75, 3.05) is 36.4 Å². The molecule has 0 bridgehead atoms. The lowest BCUT2D eigenvalue weighted by Crippen LogP contribution is -2.48. The Labute approximate surface area is 160 Å². The number of hydrogen-bond donors (Lipinski definition) is 1. The van der Waals surface area contributed by atoms with Crippen LogP contribution >= 0.6 is 0 Å². The summed E-state index contributed by atoms with van der Waals surface area (Å²) in [5.41, 5.74) is 3.98. The molecule has 0 aliphatic carbocycles. The van der Waals surface area contributed by atoms with Crippen LogP contribution in [0.1, 0.15) is 25.3 Å². The van der Waals surface area contributed by atoms with E-state index in [9.17, 15) is 4.79 Å². The number of fused-ring (bicyclic) bond motifs is 1. The molecule has 5 heteroatoms. The molecule has 1 unspecified atom stereocenters. The molecule has 1 fully saturated rings. The second-order valence-corrected chi connectivity index (χ2v) is 7.47. The Morgan fingerprint density at radius 1 is 1.04 bits per heavy atom. The number of carbonyl (C=O) groups is 1. The topological polar surface area (TPSA) is 47.9 Å². The molecule has 4 rings (SSSR count). The van der Waals surface area contributed by atoms with Crippen LogP contribution in [0.5, 0.6) is 0 Å². The molecule has 1 amide bonds. The van der Waals surface area contributed by atoms with Gasteiger partial charge in [-0.3, -0.25) is 14.7 Å². The summed E-state index contributed by atoms with van der Waals surface area (Å²) in [5.74, 6) is -0.329. The van der Waals surface area contributed by atoms with Crippen molar-refractivity contribution in [2.24, 2.45) is 4.99 Å². The van der Waals surface area contributed by atoms with Crippen LogP contribution in [0, 0.1) is 0 Å². The summed E-state index contributed by atoms with van der Waals surface area (Å²) in [6.07, 6.45) is 1.75. The summed E-state index contributed by atoms with van der Waals surface area (Å²) in [5, 5.41) is 2.91. The monoisotopic (exact) mass is 362 g/mol. The molecular weight excluding hydrogens is 336 g/mol. The molecule has 1 N–H and O–H groups in total. The van der Waals surface area contributed by atoms with Crippen molar-refractivity contribution in [1.29, 1.82) is 0 Å². The summed E-state index contributed by atoms with van der Waals surface area (Å²) in [4.78, 5) is 21.7. The average molecular weight is 362 g/mol. The highest BCUT2D eigenvalue weighted by molar-refractivity contribution is 6.12. The van der Waals surface area contributed by atoms with E-state index in [4.69, 9.17) is 0 Å². The lowest BCUT2D eigenvalue weighted by molar-refractivity contribution is -0.115. The highest BCUT2D eigenvalue weighted by Crippen LogP contribution is 2.31. The predicted octanol–water partition coefficient (Wildman–Crippen LogP) is 3.66. The molecule has 2 aromatic carbocycles. The number of aliphatic imine (C=N–C) groups is 1. The smallest absolute Gasteiger partial charge is 0.237 e. The van der Waals surface area contributed by atoms with E-state index in [0.717, 1.165) is 43.1 Å². The zero-order valence-corrected chi connectivity index (χ0v) is 15.9. The third-order valence-corrected chi connectivity index (χ3v) is 5.47. The Morgan fingerprint density at radius 2 is 1.74 bits per heavy atom. The molecule has 2 heterocycles. The number of nitrogens with zero attached hydrogens (tertiary/aromatic N) is 3. The molecule has 2 aromatic rings. The van der Waals surface area contributed by atoms with E-state index in [0.29, 0.717) is 6.04 Å².